The number of aromatic nitrogens is 4. The molecule has 0 bridgehead atoms. The van der Waals surface area contributed by atoms with E-state index in [9.17, 15) is 0 Å². The molecule has 2 aromatic rings. The highest BCUT2D eigenvalue weighted by atomic mass is 32.1. The number of nitrogens with one attached hydrogen (secondary N) is 1. The van der Waals surface area contributed by atoms with Crippen molar-refractivity contribution < 1.29 is 0 Å². The van der Waals surface area contributed by atoms with Gasteiger partial charge in [-0.25, -0.2) is 0 Å². The Balaban J connectivity index is 2.05. The van der Waals surface area contributed by atoms with E-state index in [1.807, 2.05) is 4.52 Å². The number of nitrogens with zero attached hydrogens (tertiary/aromatic N) is 4. The second kappa shape index (κ2) is 4.88. The van der Waals surface area contributed by atoms with Gasteiger partial charge in [0.1, 0.15) is 5.01 Å². The Bertz CT molecular complexity index is 459. The van der Waals surface area contributed by atoms with Crippen LogP contribution in [0.25, 0.3) is 4.96 Å². The SMILES string of the molecule is CCc1nnc2sc(CCNC(C)C)nn12. The lowest BCUT2D eigenvalue weighted by Crippen LogP contribution is -2.24. The minimum atomic E-state index is 0.525. The minimum absolute atomic E-state index is 0.525. The van der Waals surface area contributed by atoms with Crippen molar-refractivity contribution in [3.05, 3.63) is 10.8 Å². The van der Waals surface area contributed by atoms with Gasteiger partial charge in [-0.15, -0.1) is 10.2 Å². The highest BCUT2D eigenvalue weighted by molar-refractivity contribution is 7.16. The van der Waals surface area contributed by atoms with Crippen molar-refractivity contribution in [3.8, 4) is 0 Å². The monoisotopic (exact) mass is 239 g/mol. The van der Waals surface area contributed by atoms with Crippen molar-refractivity contribution in [1.82, 2.24) is 25.1 Å². The van der Waals surface area contributed by atoms with Gasteiger partial charge in [0.2, 0.25) is 4.96 Å². The van der Waals surface area contributed by atoms with Crippen LogP contribution in [0.2, 0.25) is 0 Å². The first-order valence-corrected chi connectivity index (χ1v) is 6.45. The molecule has 0 aliphatic rings. The first-order chi connectivity index (χ1) is 7.70. The van der Waals surface area contributed by atoms with Gasteiger partial charge in [0.15, 0.2) is 5.82 Å². The second-order valence-corrected chi connectivity index (χ2v) is 5.06. The first kappa shape index (κ1) is 11.5. The van der Waals surface area contributed by atoms with Crippen molar-refractivity contribution in [2.24, 2.45) is 0 Å². The molecule has 88 valence electrons. The van der Waals surface area contributed by atoms with E-state index < -0.39 is 0 Å². The van der Waals surface area contributed by atoms with E-state index in [1.54, 1.807) is 11.3 Å². The van der Waals surface area contributed by atoms with Crippen LogP contribution in [0.3, 0.4) is 0 Å². The zero-order valence-corrected chi connectivity index (χ0v) is 10.7. The van der Waals surface area contributed by atoms with Crippen LogP contribution in [-0.2, 0) is 12.8 Å². The molecule has 2 aromatic heterocycles. The summed E-state index contributed by atoms with van der Waals surface area (Å²) in [7, 11) is 0. The Kier molecular flexibility index (Phi) is 3.50. The molecule has 0 unspecified atom stereocenters. The van der Waals surface area contributed by atoms with Crippen molar-refractivity contribution >= 4 is 16.3 Å². The molecule has 2 heterocycles. The summed E-state index contributed by atoms with van der Waals surface area (Å²) in [6.07, 6.45) is 1.82. The summed E-state index contributed by atoms with van der Waals surface area (Å²) in [5.41, 5.74) is 0. The van der Waals surface area contributed by atoms with Gasteiger partial charge in [-0.1, -0.05) is 32.1 Å². The molecule has 0 amide bonds. The molecule has 1 N–H and O–H groups in total. The quantitative estimate of drug-likeness (QED) is 0.854. The maximum atomic E-state index is 4.51. The molecule has 6 heteroatoms. The smallest absolute Gasteiger partial charge is 0.234 e. The molecule has 0 saturated carbocycles. The standard InChI is InChI=1S/C10H17N5S/c1-4-8-12-13-10-15(8)14-9(16-10)5-6-11-7(2)3/h7,11H,4-6H2,1-3H3. The second-order valence-electron chi connectivity index (χ2n) is 4.02. The average molecular weight is 239 g/mol. The molecule has 0 aromatic carbocycles. The minimum Gasteiger partial charge on any atom is -0.314 e. The Morgan fingerprint density at radius 3 is 2.88 bits per heavy atom. The topological polar surface area (TPSA) is 55.1 Å². The molecular weight excluding hydrogens is 222 g/mol. The third-order valence-corrected chi connectivity index (χ3v) is 3.26. The van der Waals surface area contributed by atoms with Crippen LogP contribution in [0.5, 0.6) is 0 Å². The summed E-state index contributed by atoms with van der Waals surface area (Å²) in [4.78, 5) is 0.899. The van der Waals surface area contributed by atoms with Gasteiger partial charge in [-0.3, -0.25) is 0 Å². The average Bonchev–Trinajstić information content (AvgIpc) is 2.76. The summed E-state index contributed by atoms with van der Waals surface area (Å²) in [5, 5.41) is 17.2. The molecule has 5 nitrogen and oxygen atoms in total. The van der Waals surface area contributed by atoms with E-state index >= 15 is 0 Å². The van der Waals surface area contributed by atoms with Gasteiger partial charge in [-0.2, -0.15) is 9.61 Å². The Hall–Kier alpha value is -1.01. The van der Waals surface area contributed by atoms with E-state index in [0.29, 0.717) is 6.04 Å². The third-order valence-electron chi connectivity index (χ3n) is 2.30. The van der Waals surface area contributed by atoms with Crippen LogP contribution in [0, 0.1) is 0 Å². The van der Waals surface area contributed by atoms with Crippen LogP contribution in [0.15, 0.2) is 0 Å². The zero-order chi connectivity index (χ0) is 11.5. The largest absolute Gasteiger partial charge is 0.314 e. The fourth-order valence-electron chi connectivity index (χ4n) is 1.49. The fourth-order valence-corrected chi connectivity index (χ4v) is 2.34. The van der Waals surface area contributed by atoms with Crippen LogP contribution < -0.4 is 5.32 Å². The van der Waals surface area contributed by atoms with E-state index in [-0.39, 0.29) is 0 Å². The molecule has 2 rings (SSSR count). The molecular formula is C10H17N5S. The van der Waals surface area contributed by atoms with Crippen molar-refractivity contribution in [2.75, 3.05) is 6.54 Å². The van der Waals surface area contributed by atoms with E-state index in [0.717, 1.165) is 35.2 Å². The highest BCUT2D eigenvalue weighted by Gasteiger charge is 2.09. The first-order valence-electron chi connectivity index (χ1n) is 5.64. The normalized spacial score (nSPS) is 11.8. The molecule has 0 aliphatic heterocycles. The highest BCUT2D eigenvalue weighted by Crippen LogP contribution is 2.14. The van der Waals surface area contributed by atoms with Crippen LogP contribution in [0.1, 0.15) is 31.6 Å². The van der Waals surface area contributed by atoms with Gasteiger partial charge in [0.25, 0.3) is 0 Å². The lowest BCUT2D eigenvalue weighted by Gasteiger charge is -2.05. The molecule has 0 saturated heterocycles. The number of aryl methyl sites for hydroxylation is 1. The summed E-state index contributed by atoms with van der Waals surface area (Å²) < 4.78 is 1.86. The van der Waals surface area contributed by atoms with E-state index in [1.165, 1.54) is 0 Å². The summed E-state index contributed by atoms with van der Waals surface area (Å²) in [5.74, 6) is 0.939. The molecule has 0 radical (unpaired) electrons. The van der Waals surface area contributed by atoms with Gasteiger partial charge < -0.3 is 5.32 Å². The maximum Gasteiger partial charge on any atom is 0.234 e. The van der Waals surface area contributed by atoms with Gasteiger partial charge in [0.05, 0.1) is 0 Å². The number of rotatable bonds is 5. The Morgan fingerprint density at radius 2 is 2.19 bits per heavy atom. The summed E-state index contributed by atoms with van der Waals surface area (Å²) in [6.45, 7) is 7.32. The van der Waals surface area contributed by atoms with Crippen LogP contribution >= 0.6 is 11.3 Å². The zero-order valence-electron chi connectivity index (χ0n) is 9.90. The summed E-state index contributed by atoms with van der Waals surface area (Å²) in [6, 6.07) is 0.525. The van der Waals surface area contributed by atoms with Crippen LogP contribution in [0.4, 0.5) is 0 Å². The molecule has 0 spiro atoms. The molecule has 0 aliphatic carbocycles. The number of hydrogen-bond acceptors (Lipinski definition) is 5. The third kappa shape index (κ3) is 2.38. The molecule has 0 atom stereocenters. The number of hydrogen-bond donors (Lipinski definition) is 1. The molecule has 0 fully saturated rings. The van der Waals surface area contributed by atoms with E-state index in [4.69, 9.17) is 0 Å². The lowest BCUT2D eigenvalue weighted by atomic mass is 10.3. The van der Waals surface area contributed by atoms with Gasteiger partial charge in [0, 0.05) is 25.4 Å². The fraction of sp³-hybridized carbons (Fsp3) is 0.700. The Morgan fingerprint density at radius 1 is 1.38 bits per heavy atom. The predicted molar refractivity (Wildman–Crippen MR) is 64.9 cm³/mol. The molecule has 16 heavy (non-hydrogen) atoms. The van der Waals surface area contributed by atoms with E-state index in [2.05, 4.69) is 41.4 Å². The maximum absolute atomic E-state index is 4.51. The number of fused-ring (bicyclic) bond motifs is 1. The lowest BCUT2D eigenvalue weighted by molar-refractivity contribution is 0.587. The summed E-state index contributed by atoms with van der Waals surface area (Å²) >= 11 is 1.62. The Labute approximate surface area is 98.9 Å². The van der Waals surface area contributed by atoms with Crippen LogP contribution in [-0.4, -0.2) is 32.4 Å². The van der Waals surface area contributed by atoms with Crippen molar-refractivity contribution in [3.63, 3.8) is 0 Å². The van der Waals surface area contributed by atoms with Crippen molar-refractivity contribution in [2.45, 2.75) is 39.7 Å². The van der Waals surface area contributed by atoms with Gasteiger partial charge in [-0.05, 0) is 0 Å². The van der Waals surface area contributed by atoms with Gasteiger partial charge >= 0.3 is 0 Å². The predicted octanol–water partition coefficient (Wildman–Crippen LogP) is 1.29. The van der Waals surface area contributed by atoms with Crippen molar-refractivity contribution in [1.29, 1.82) is 0 Å².